The highest BCUT2D eigenvalue weighted by atomic mass is 16.5. The quantitative estimate of drug-likeness (QED) is 0.545. The second-order valence-corrected chi connectivity index (χ2v) is 3.66. The summed E-state index contributed by atoms with van der Waals surface area (Å²) in [5, 5.41) is 8.74. The summed E-state index contributed by atoms with van der Waals surface area (Å²) in [6.45, 7) is 2.63. The summed E-state index contributed by atoms with van der Waals surface area (Å²) in [6.07, 6.45) is 5.53. The number of hydrogen-bond donors (Lipinski definition) is 1. The smallest absolute Gasteiger partial charge is 0.302 e. The van der Waals surface area contributed by atoms with Gasteiger partial charge in [-0.2, -0.15) is 0 Å². The highest BCUT2D eigenvalue weighted by molar-refractivity contribution is 5.65. The number of aliphatic hydroxyl groups is 1. The Balaban J connectivity index is 2.18. The fourth-order valence-corrected chi connectivity index (χ4v) is 1.48. The Hall–Kier alpha value is -0.870. The highest BCUT2D eigenvalue weighted by Crippen LogP contribution is 2.16. The minimum Gasteiger partial charge on any atom is -0.466 e. The predicted octanol–water partition coefficient (Wildman–Crippen LogP) is 0.893. The maximum absolute atomic E-state index is 10.5. The molecular weight excluding hydrogens is 196 g/mol. The molecule has 0 aromatic carbocycles. The molecule has 0 saturated heterocycles. The minimum absolute atomic E-state index is 0.0410. The minimum atomic E-state index is -0.257. The topological polar surface area (TPSA) is 55.8 Å². The summed E-state index contributed by atoms with van der Waals surface area (Å²) in [5.74, 6) is 0.0629. The molecule has 1 aliphatic rings. The first-order valence-electron chi connectivity index (χ1n) is 5.26. The Bertz CT molecular complexity index is 225. The van der Waals surface area contributed by atoms with Gasteiger partial charge in [0.15, 0.2) is 0 Å². The van der Waals surface area contributed by atoms with E-state index in [2.05, 4.69) is 6.08 Å². The van der Waals surface area contributed by atoms with E-state index in [4.69, 9.17) is 14.6 Å². The molecule has 0 unspecified atom stereocenters. The third kappa shape index (κ3) is 4.95. The lowest BCUT2D eigenvalue weighted by atomic mass is 10.0. The van der Waals surface area contributed by atoms with Crippen LogP contribution in [-0.4, -0.2) is 37.0 Å². The van der Waals surface area contributed by atoms with Crippen molar-refractivity contribution in [2.75, 3.05) is 19.8 Å². The molecule has 1 aliphatic heterocycles. The van der Waals surface area contributed by atoms with Crippen molar-refractivity contribution >= 4 is 5.97 Å². The molecule has 0 amide bonds. The molecule has 0 saturated carbocycles. The summed E-state index contributed by atoms with van der Waals surface area (Å²) in [7, 11) is 0. The number of esters is 1. The molecule has 0 spiro atoms. The summed E-state index contributed by atoms with van der Waals surface area (Å²) >= 11 is 0. The zero-order valence-electron chi connectivity index (χ0n) is 9.02. The van der Waals surface area contributed by atoms with Gasteiger partial charge in [-0.25, -0.2) is 0 Å². The first kappa shape index (κ1) is 12.2. The second-order valence-electron chi connectivity index (χ2n) is 3.66. The Kier molecular flexibility index (Phi) is 5.36. The van der Waals surface area contributed by atoms with Crippen LogP contribution in [0.5, 0.6) is 0 Å². The number of carbonyl (C=O) groups excluding carboxylic acids is 1. The lowest BCUT2D eigenvalue weighted by Crippen LogP contribution is -2.23. The first-order chi connectivity index (χ1) is 7.22. The average Bonchev–Trinajstić information content (AvgIpc) is 2.20. The van der Waals surface area contributed by atoms with Crippen LogP contribution in [0.3, 0.4) is 0 Å². The highest BCUT2D eigenvalue weighted by Gasteiger charge is 2.15. The number of hydrogen-bond acceptors (Lipinski definition) is 4. The van der Waals surface area contributed by atoms with Crippen molar-refractivity contribution in [2.45, 2.75) is 25.9 Å². The van der Waals surface area contributed by atoms with Gasteiger partial charge in [-0.15, -0.1) is 0 Å². The van der Waals surface area contributed by atoms with Gasteiger partial charge in [0, 0.05) is 25.9 Å². The van der Waals surface area contributed by atoms with Crippen molar-refractivity contribution < 1.29 is 19.4 Å². The number of aliphatic hydroxyl groups excluding tert-OH is 1. The zero-order chi connectivity index (χ0) is 11.1. The molecule has 1 N–H and O–H groups in total. The van der Waals surface area contributed by atoms with Crippen molar-refractivity contribution in [2.24, 2.45) is 5.92 Å². The molecule has 0 radical (unpaired) electrons. The number of rotatable bonds is 5. The van der Waals surface area contributed by atoms with Crippen molar-refractivity contribution in [1.29, 1.82) is 0 Å². The summed E-state index contributed by atoms with van der Waals surface area (Å²) < 4.78 is 10.4. The van der Waals surface area contributed by atoms with Crippen molar-refractivity contribution in [3.63, 3.8) is 0 Å². The maximum Gasteiger partial charge on any atom is 0.302 e. The van der Waals surface area contributed by atoms with E-state index in [-0.39, 0.29) is 18.7 Å². The molecule has 0 aromatic rings. The van der Waals surface area contributed by atoms with Crippen LogP contribution < -0.4 is 0 Å². The van der Waals surface area contributed by atoms with Gasteiger partial charge in [0.25, 0.3) is 0 Å². The molecule has 0 aromatic heterocycles. The predicted molar refractivity (Wildman–Crippen MR) is 55.3 cm³/mol. The van der Waals surface area contributed by atoms with Crippen LogP contribution >= 0.6 is 0 Å². The average molecular weight is 214 g/mol. The molecule has 1 heterocycles. The van der Waals surface area contributed by atoms with E-state index in [0.717, 1.165) is 6.42 Å². The summed E-state index contributed by atoms with van der Waals surface area (Å²) in [5.41, 5.74) is 0. The third-order valence-electron chi connectivity index (χ3n) is 2.33. The third-order valence-corrected chi connectivity index (χ3v) is 2.33. The molecular formula is C11H18O4. The van der Waals surface area contributed by atoms with Crippen LogP contribution in [0, 0.1) is 5.92 Å². The molecule has 2 atom stereocenters. The molecule has 4 heteroatoms. The molecule has 0 aliphatic carbocycles. The molecule has 4 nitrogen and oxygen atoms in total. The normalized spacial score (nSPS) is 25.2. The molecule has 86 valence electrons. The van der Waals surface area contributed by atoms with E-state index >= 15 is 0 Å². The molecule has 0 fully saturated rings. The van der Waals surface area contributed by atoms with E-state index in [1.54, 1.807) is 0 Å². The van der Waals surface area contributed by atoms with Gasteiger partial charge >= 0.3 is 5.97 Å². The first-order valence-corrected chi connectivity index (χ1v) is 5.26. The van der Waals surface area contributed by atoms with E-state index in [0.29, 0.717) is 25.6 Å². The Labute approximate surface area is 89.9 Å². The molecule has 15 heavy (non-hydrogen) atoms. The SMILES string of the molecule is CC(=O)OCC[C@H]1C=C[C@@H](CCO)CO1. The van der Waals surface area contributed by atoms with Gasteiger partial charge in [-0.3, -0.25) is 4.79 Å². The lowest BCUT2D eigenvalue weighted by Gasteiger charge is -2.23. The van der Waals surface area contributed by atoms with Gasteiger partial charge in [0.05, 0.1) is 19.3 Å². The van der Waals surface area contributed by atoms with E-state index in [1.807, 2.05) is 6.08 Å². The van der Waals surface area contributed by atoms with Crippen molar-refractivity contribution in [3.05, 3.63) is 12.2 Å². The van der Waals surface area contributed by atoms with Gasteiger partial charge in [0.1, 0.15) is 0 Å². The molecule has 1 rings (SSSR count). The lowest BCUT2D eigenvalue weighted by molar-refractivity contribution is -0.141. The summed E-state index contributed by atoms with van der Waals surface area (Å²) in [6, 6.07) is 0. The fourth-order valence-electron chi connectivity index (χ4n) is 1.48. The van der Waals surface area contributed by atoms with E-state index in [9.17, 15) is 4.79 Å². The number of carbonyl (C=O) groups is 1. The van der Waals surface area contributed by atoms with Crippen LogP contribution in [0.2, 0.25) is 0 Å². The summed E-state index contributed by atoms with van der Waals surface area (Å²) in [4.78, 5) is 10.5. The van der Waals surface area contributed by atoms with Gasteiger partial charge in [-0.1, -0.05) is 12.2 Å². The second kappa shape index (κ2) is 6.58. The van der Waals surface area contributed by atoms with Crippen LogP contribution in [0.1, 0.15) is 19.8 Å². The maximum atomic E-state index is 10.5. The number of ether oxygens (including phenoxy) is 2. The fraction of sp³-hybridized carbons (Fsp3) is 0.727. The van der Waals surface area contributed by atoms with E-state index in [1.165, 1.54) is 6.92 Å². The zero-order valence-corrected chi connectivity index (χ0v) is 9.02. The Morgan fingerprint density at radius 1 is 1.53 bits per heavy atom. The van der Waals surface area contributed by atoms with Crippen molar-refractivity contribution in [1.82, 2.24) is 0 Å². The molecule has 0 bridgehead atoms. The van der Waals surface area contributed by atoms with Crippen LogP contribution in [0.25, 0.3) is 0 Å². The van der Waals surface area contributed by atoms with Gasteiger partial charge in [-0.05, 0) is 6.42 Å². The van der Waals surface area contributed by atoms with Crippen molar-refractivity contribution in [3.8, 4) is 0 Å². The van der Waals surface area contributed by atoms with Gasteiger partial charge < -0.3 is 14.6 Å². The monoisotopic (exact) mass is 214 g/mol. The largest absolute Gasteiger partial charge is 0.466 e. The Morgan fingerprint density at radius 3 is 2.87 bits per heavy atom. The van der Waals surface area contributed by atoms with E-state index < -0.39 is 0 Å². The van der Waals surface area contributed by atoms with Crippen LogP contribution in [0.15, 0.2) is 12.2 Å². The van der Waals surface area contributed by atoms with Crippen LogP contribution in [-0.2, 0) is 14.3 Å². The Morgan fingerprint density at radius 2 is 2.33 bits per heavy atom. The van der Waals surface area contributed by atoms with Gasteiger partial charge in [0.2, 0.25) is 0 Å². The van der Waals surface area contributed by atoms with Crippen LogP contribution in [0.4, 0.5) is 0 Å². The standard InChI is InChI=1S/C11H18O4/c1-9(13)14-7-5-11-3-2-10(4-6-12)8-15-11/h2-3,10-12H,4-8H2,1H3/t10-,11+/m0/s1.